The topological polar surface area (TPSA) is 48.1 Å². The van der Waals surface area contributed by atoms with Gasteiger partial charge in [0.1, 0.15) is 11.3 Å². The van der Waals surface area contributed by atoms with Gasteiger partial charge in [-0.3, -0.25) is 14.3 Å². The molecule has 0 aliphatic carbocycles. The van der Waals surface area contributed by atoms with Crippen molar-refractivity contribution in [3.63, 3.8) is 0 Å². The minimum Gasteiger partial charge on any atom is -0.497 e. The molecule has 0 unspecified atom stereocenters. The summed E-state index contributed by atoms with van der Waals surface area (Å²) in [6.07, 6.45) is 1.87. The van der Waals surface area contributed by atoms with Gasteiger partial charge in [0.2, 0.25) is 0 Å². The van der Waals surface area contributed by atoms with Gasteiger partial charge in [-0.05, 0) is 29.8 Å². The maximum Gasteiger partial charge on any atom is 0.169 e. The molecule has 8 heteroatoms. The first kappa shape index (κ1) is 19.1. The lowest BCUT2D eigenvalue weighted by Crippen LogP contribution is -2.33. The molecule has 0 bridgehead atoms. The maximum atomic E-state index is 14.8. The number of methoxy groups -OCH3 is 1. The quantitative estimate of drug-likeness (QED) is 0.490. The van der Waals surface area contributed by atoms with Crippen LogP contribution in [0.4, 0.5) is 4.39 Å². The van der Waals surface area contributed by atoms with Gasteiger partial charge in [-0.25, -0.2) is 4.39 Å². The maximum absolute atomic E-state index is 14.8. The van der Waals surface area contributed by atoms with Crippen LogP contribution in [0.2, 0.25) is 5.02 Å². The van der Waals surface area contributed by atoms with Crippen molar-refractivity contribution in [3.05, 3.63) is 64.7 Å². The van der Waals surface area contributed by atoms with E-state index in [1.165, 1.54) is 5.56 Å². The van der Waals surface area contributed by atoms with E-state index in [4.69, 9.17) is 16.3 Å². The molecular weight excluding hydrogens is 405 g/mol. The normalized spacial score (nSPS) is 14.3. The number of ether oxygens (including phenoxy) is 1. The van der Waals surface area contributed by atoms with Crippen molar-refractivity contribution < 1.29 is 9.13 Å². The molecule has 0 radical (unpaired) electrons. The summed E-state index contributed by atoms with van der Waals surface area (Å²) in [4.78, 5) is 2.34. The van der Waals surface area contributed by atoms with E-state index in [9.17, 15) is 4.39 Å². The zero-order valence-corrected chi connectivity index (χ0v) is 17.5. The Labute approximate surface area is 178 Å². The zero-order chi connectivity index (χ0) is 20.8. The Kier molecular flexibility index (Phi) is 4.72. The van der Waals surface area contributed by atoms with Crippen molar-refractivity contribution in [2.75, 3.05) is 13.7 Å². The van der Waals surface area contributed by atoms with Crippen LogP contribution < -0.4 is 4.74 Å². The summed E-state index contributed by atoms with van der Waals surface area (Å²) in [5, 5.41) is 9.91. The van der Waals surface area contributed by atoms with Crippen molar-refractivity contribution in [2.45, 2.75) is 19.6 Å². The summed E-state index contributed by atoms with van der Waals surface area (Å²) in [5.74, 6) is 0.365. The number of hydrogen-bond donors (Lipinski definition) is 0. The first-order valence-corrected chi connectivity index (χ1v) is 10.1. The Morgan fingerprint density at radius 2 is 1.93 bits per heavy atom. The fourth-order valence-electron chi connectivity index (χ4n) is 4.07. The van der Waals surface area contributed by atoms with E-state index in [-0.39, 0.29) is 5.02 Å². The third-order valence-corrected chi connectivity index (χ3v) is 5.85. The van der Waals surface area contributed by atoms with Crippen LogP contribution in [0, 0.1) is 5.82 Å². The second-order valence-corrected chi connectivity index (χ2v) is 7.95. The lowest BCUT2D eigenvalue weighted by atomic mass is 10.0. The fraction of sp³-hybridized carbons (Fsp3) is 0.273. The summed E-state index contributed by atoms with van der Waals surface area (Å²) < 4.78 is 23.7. The van der Waals surface area contributed by atoms with Gasteiger partial charge in [0.15, 0.2) is 5.82 Å². The minimum absolute atomic E-state index is 0.0636. The molecular formula is C22H21ClFN5O. The van der Waals surface area contributed by atoms with Gasteiger partial charge in [-0.1, -0.05) is 23.7 Å². The SMILES string of the molecule is COc1ccc(CN2CCn3nc4c(F)c(Cl)cc(-c5ccn(C)n5)c4c3C2)cc1. The summed E-state index contributed by atoms with van der Waals surface area (Å²) in [5.41, 5.74) is 4.06. The molecule has 6 nitrogen and oxygen atoms in total. The van der Waals surface area contributed by atoms with Gasteiger partial charge < -0.3 is 4.74 Å². The molecule has 1 aliphatic rings. The Morgan fingerprint density at radius 1 is 1.13 bits per heavy atom. The number of halogens is 2. The molecule has 0 saturated carbocycles. The van der Waals surface area contributed by atoms with E-state index in [2.05, 4.69) is 27.2 Å². The van der Waals surface area contributed by atoms with E-state index < -0.39 is 5.82 Å². The van der Waals surface area contributed by atoms with E-state index in [1.807, 2.05) is 36.1 Å². The van der Waals surface area contributed by atoms with Gasteiger partial charge in [0.25, 0.3) is 0 Å². The molecule has 30 heavy (non-hydrogen) atoms. The predicted octanol–water partition coefficient (Wildman–Crippen LogP) is 4.25. The first-order chi connectivity index (χ1) is 14.5. The summed E-state index contributed by atoms with van der Waals surface area (Å²) in [6.45, 7) is 3.00. The third-order valence-electron chi connectivity index (χ3n) is 5.57. The zero-order valence-electron chi connectivity index (χ0n) is 16.8. The minimum atomic E-state index is -0.477. The van der Waals surface area contributed by atoms with Gasteiger partial charge in [-0.15, -0.1) is 0 Å². The number of nitrogens with zero attached hydrogens (tertiary/aromatic N) is 5. The Balaban J connectivity index is 1.55. The highest BCUT2D eigenvalue weighted by atomic mass is 35.5. The van der Waals surface area contributed by atoms with Crippen molar-refractivity contribution in [3.8, 4) is 17.0 Å². The van der Waals surface area contributed by atoms with Gasteiger partial charge >= 0.3 is 0 Å². The van der Waals surface area contributed by atoms with Crippen LogP contribution in [-0.4, -0.2) is 38.1 Å². The summed E-state index contributed by atoms with van der Waals surface area (Å²) >= 11 is 6.19. The third kappa shape index (κ3) is 3.24. The smallest absolute Gasteiger partial charge is 0.169 e. The fourth-order valence-corrected chi connectivity index (χ4v) is 4.26. The standard InChI is InChI=1S/C22H21ClFN5O/c1-27-8-7-18(25-27)16-11-17(23)21(24)22-20(16)19-13-28(9-10-29(19)26-22)12-14-3-5-15(30-2)6-4-14/h3-8,11H,9-10,12-13H2,1-2H3. The highest BCUT2D eigenvalue weighted by Gasteiger charge is 2.26. The van der Waals surface area contributed by atoms with Gasteiger partial charge in [0, 0.05) is 43.8 Å². The molecule has 2 aromatic carbocycles. The monoisotopic (exact) mass is 425 g/mol. The molecule has 4 aromatic rings. The Bertz CT molecular complexity index is 1230. The van der Waals surface area contributed by atoms with Gasteiger partial charge in [-0.2, -0.15) is 10.2 Å². The number of hydrogen-bond acceptors (Lipinski definition) is 4. The summed E-state index contributed by atoms with van der Waals surface area (Å²) in [7, 11) is 3.52. The highest BCUT2D eigenvalue weighted by molar-refractivity contribution is 6.32. The van der Waals surface area contributed by atoms with Crippen LogP contribution in [0.3, 0.4) is 0 Å². The van der Waals surface area contributed by atoms with Gasteiger partial charge in [0.05, 0.1) is 30.1 Å². The van der Waals surface area contributed by atoms with Crippen molar-refractivity contribution in [2.24, 2.45) is 7.05 Å². The van der Waals surface area contributed by atoms with Crippen LogP contribution in [0.15, 0.2) is 42.6 Å². The van der Waals surface area contributed by atoms with Crippen molar-refractivity contribution in [1.82, 2.24) is 24.5 Å². The molecule has 2 aromatic heterocycles. The largest absolute Gasteiger partial charge is 0.497 e. The van der Waals surface area contributed by atoms with E-state index in [0.717, 1.165) is 41.2 Å². The highest BCUT2D eigenvalue weighted by Crippen LogP contribution is 2.37. The van der Waals surface area contributed by atoms with Crippen LogP contribution >= 0.6 is 11.6 Å². The van der Waals surface area contributed by atoms with Crippen molar-refractivity contribution >= 4 is 22.5 Å². The number of fused-ring (bicyclic) bond motifs is 3. The first-order valence-electron chi connectivity index (χ1n) is 9.76. The molecule has 1 aliphatic heterocycles. The summed E-state index contributed by atoms with van der Waals surface area (Å²) in [6, 6.07) is 11.6. The lowest BCUT2D eigenvalue weighted by molar-refractivity contribution is 0.206. The van der Waals surface area contributed by atoms with Crippen LogP contribution in [0.5, 0.6) is 5.75 Å². The second kappa shape index (κ2) is 7.41. The Hall–Kier alpha value is -2.90. The van der Waals surface area contributed by atoms with Crippen molar-refractivity contribution in [1.29, 1.82) is 0 Å². The van der Waals surface area contributed by atoms with E-state index in [1.54, 1.807) is 17.9 Å². The molecule has 0 spiro atoms. The van der Waals surface area contributed by atoms with E-state index >= 15 is 0 Å². The van der Waals surface area contributed by atoms with Crippen LogP contribution in [0.1, 0.15) is 11.3 Å². The molecule has 0 fully saturated rings. The number of aromatic nitrogens is 4. The number of benzene rings is 2. The molecule has 5 rings (SSSR count). The second-order valence-electron chi connectivity index (χ2n) is 7.55. The molecule has 3 heterocycles. The van der Waals surface area contributed by atoms with Crippen LogP contribution in [0.25, 0.3) is 22.2 Å². The molecule has 154 valence electrons. The van der Waals surface area contributed by atoms with Crippen LogP contribution in [-0.2, 0) is 26.7 Å². The number of rotatable bonds is 4. The molecule has 0 atom stereocenters. The Morgan fingerprint density at radius 3 is 2.63 bits per heavy atom. The lowest BCUT2D eigenvalue weighted by Gasteiger charge is -2.28. The average molecular weight is 426 g/mol. The molecule has 0 amide bonds. The average Bonchev–Trinajstić information content (AvgIpc) is 3.35. The molecule has 0 N–H and O–H groups in total. The number of aryl methyl sites for hydroxylation is 1. The van der Waals surface area contributed by atoms with E-state index in [0.29, 0.717) is 18.6 Å². The molecule has 0 saturated heterocycles. The predicted molar refractivity (Wildman–Crippen MR) is 114 cm³/mol.